The maximum atomic E-state index is 5.52. The van der Waals surface area contributed by atoms with Crippen molar-refractivity contribution >= 4 is 11.3 Å². The first-order valence-corrected chi connectivity index (χ1v) is 7.77. The van der Waals surface area contributed by atoms with Crippen molar-refractivity contribution in [2.24, 2.45) is 0 Å². The van der Waals surface area contributed by atoms with E-state index in [1.165, 1.54) is 16.8 Å². The Balaban J connectivity index is 0.000000246. The third kappa shape index (κ3) is 4.39. The van der Waals surface area contributed by atoms with Crippen LogP contribution in [0.15, 0.2) is 60.7 Å². The van der Waals surface area contributed by atoms with Crippen LogP contribution in [0.1, 0.15) is 33.3 Å². The summed E-state index contributed by atoms with van der Waals surface area (Å²) in [5.41, 5.74) is 3.77. The van der Waals surface area contributed by atoms with Crippen molar-refractivity contribution in [3.05, 3.63) is 66.2 Å². The molecule has 0 fully saturated rings. The van der Waals surface area contributed by atoms with Gasteiger partial charge in [-0.3, -0.25) is 0 Å². The Morgan fingerprint density at radius 1 is 1.00 bits per heavy atom. The van der Waals surface area contributed by atoms with Crippen LogP contribution in [0.4, 0.5) is 5.69 Å². The van der Waals surface area contributed by atoms with Gasteiger partial charge >= 0.3 is 0 Å². The van der Waals surface area contributed by atoms with Gasteiger partial charge in [0.2, 0.25) is 0 Å². The standard InChI is InChI=1S/C14H19NO.C6H6/c1-5-16-11-6-7-13-12(8-11)10(2)9-14(3,4)15-13;1-2-4-6-5-3-1/h6-9,15H,5H2,1-4H3;1-6H. The van der Waals surface area contributed by atoms with E-state index in [0.29, 0.717) is 6.61 Å². The zero-order valence-electron chi connectivity index (χ0n) is 13.9. The van der Waals surface area contributed by atoms with Gasteiger partial charge in [-0.25, -0.2) is 0 Å². The molecule has 0 bridgehead atoms. The molecule has 0 unspecified atom stereocenters. The predicted octanol–water partition coefficient (Wildman–Crippen LogP) is 5.38. The molecule has 0 aromatic heterocycles. The largest absolute Gasteiger partial charge is 0.494 e. The zero-order chi connectivity index (χ0) is 16.0. The quantitative estimate of drug-likeness (QED) is 0.803. The molecule has 2 heteroatoms. The third-order valence-electron chi connectivity index (χ3n) is 3.43. The molecule has 2 nitrogen and oxygen atoms in total. The normalized spacial score (nSPS) is 14.6. The van der Waals surface area contributed by atoms with E-state index in [1.54, 1.807) is 0 Å². The molecule has 22 heavy (non-hydrogen) atoms. The minimum Gasteiger partial charge on any atom is -0.494 e. The van der Waals surface area contributed by atoms with Crippen LogP contribution in [0, 0.1) is 0 Å². The van der Waals surface area contributed by atoms with E-state index >= 15 is 0 Å². The highest BCUT2D eigenvalue weighted by Crippen LogP contribution is 2.35. The Labute approximate surface area is 133 Å². The SMILES string of the molecule is CCOc1ccc2c(c1)C(C)=CC(C)(C)N2.c1ccccc1. The molecule has 0 radical (unpaired) electrons. The monoisotopic (exact) mass is 295 g/mol. The number of fused-ring (bicyclic) bond motifs is 1. The summed E-state index contributed by atoms with van der Waals surface area (Å²) in [6.45, 7) is 9.22. The Morgan fingerprint density at radius 3 is 2.14 bits per heavy atom. The number of ether oxygens (including phenoxy) is 1. The molecule has 1 heterocycles. The average molecular weight is 295 g/mol. The summed E-state index contributed by atoms with van der Waals surface area (Å²) in [6, 6.07) is 18.2. The molecule has 0 spiro atoms. The summed E-state index contributed by atoms with van der Waals surface area (Å²) in [4.78, 5) is 0. The van der Waals surface area contributed by atoms with Crippen LogP contribution in [-0.4, -0.2) is 12.1 Å². The highest BCUT2D eigenvalue weighted by Gasteiger charge is 2.22. The van der Waals surface area contributed by atoms with Gasteiger partial charge in [-0.05, 0) is 51.5 Å². The summed E-state index contributed by atoms with van der Waals surface area (Å²) in [5.74, 6) is 0.940. The first kappa shape index (κ1) is 16.2. The lowest BCUT2D eigenvalue weighted by Crippen LogP contribution is -2.31. The van der Waals surface area contributed by atoms with Crippen molar-refractivity contribution < 1.29 is 4.74 Å². The van der Waals surface area contributed by atoms with Gasteiger partial charge < -0.3 is 10.1 Å². The number of hydrogen-bond donors (Lipinski definition) is 1. The Bertz CT molecular complexity index is 603. The van der Waals surface area contributed by atoms with Gasteiger partial charge in [-0.15, -0.1) is 0 Å². The Hall–Kier alpha value is -2.22. The molecule has 0 saturated heterocycles. The number of nitrogens with one attached hydrogen (secondary N) is 1. The Kier molecular flexibility index (Phi) is 5.26. The van der Waals surface area contributed by atoms with Crippen LogP contribution in [0.2, 0.25) is 0 Å². The first-order chi connectivity index (χ1) is 10.5. The highest BCUT2D eigenvalue weighted by molar-refractivity contribution is 5.80. The molecule has 2 aromatic carbocycles. The van der Waals surface area contributed by atoms with E-state index in [0.717, 1.165) is 5.75 Å². The second kappa shape index (κ2) is 7.17. The van der Waals surface area contributed by atoms with Gasteiger partial charge in [-0.2, -0.15) is 0 Å². The van der Waals surface area contributed by atoms with Crippen molar-refractivity contribution in [1.29, 1.82) is 0 Å². The Morgan fingerprint density at radius 2 is 1.59 bits per heavy atom. The lowest BCUT2D eigenvalue weighted by Gasteiger charge is -2.31. The molecule has 0 saturated carbocycles. The maximum Gasteiger partial charge on any atom is 0.120 e. The van der Waals surface area contributed by atoms with Crippen molar-refractivity contribution in [3.63, 3.8) is 0 Å². The van der Waals surface area contributed by atoms with Crippen molar-refractivity contribution in [1.82, 2.24) is 0 Å². The summed E-state index contributed by atoms with van der Waals surface area (Å²) < 4.78 is 5.52. The molecule has 0 aliphatic carbocycles. The molecule has 116 valence electrons. The van der Waals surface area contributed by atoms with Crippen LogP contribution < -0.4 is 10.1 Å². The van der Waals surface area contributed by atoms with Gasteiger partial charge in [0.15, 0.2) is 0 Å². The van der Waals surface area contributed by atoms with E-state index < -0.39 is 0 Å². The lowest BCUT2D eigenvalue weighted by atomic mass is 9.91. The van der Waals surface area contributed by atoms with Crippen molar-refractivity contribution in [2.75, 3.05) is 11.9 Å². The van der Waals surface area contributed by atoms with E-state index in [1.807, 2.05) is 49.4 Å². The summed E-state index contributed by atoms with van der Waals surface area (Å²) in [7, 11) is 0. The molecule has 2 aromatic rings. The van der Waals surface area contributed by atoms with Crippen LogP contribution in [0.25, 0.3) is 5.57 Å². The minimum atomic E-state index is 0.0320. The second-order valence-corrected chi connectivity index (χ2v) is 5.97. The number of anilines is 1. The molecule has 0 atom stereocenters. The van der Waals surface area contributed by atoms with Gasteiger partial charge in [0.05, 0.1) is 12.1 Å². The molecular formula is C20H25NO. The van der Waals surface area contributed by atoms with Crippen LogP contribution >= 0.6 is 0 Å². The lowest BCUT2D eigenvalue weighted by molar-refractivity contribution is 0.340. The van der Waals surface area contributed by atoms with Gasteiger partial charge in [0, 0.05) is 11.3 Å². The van der Waals surface area contributed by atoms with Gasteiger partial charge in [-0.1, -0.05) is 42.5 Å². The summed E-state index contributed by atoms with van der Waals surface area (Å²) >= 11 is 0. The van der Waals surface area contributed by atoms with Crippen molar-refractivity contribution in [2.45, 2.75) is 33.2 Å². The van der Waals surface area contributed by atoms with E-state index in [9.17, 15) is 0 Å². The van der Waals surface area contributed by atoms with E-state index in [-0.39, 0.29) is 5.54 Å². The molecule has 1 aliphatic rings. The summed E-state index contributed by atoms with van der Waals surface area (Å²) in [5, 5.41) is 3.50. The van der Waals surface area contributed by atoms with Crippen LogP contribution in [-0.2, 0) is 0 Å². The molecular weight excluding hydrogens is 270 g/mol. The van der Waals surface area contributed by atoms with Crippen molar-refractivity contribution in [3.8, 4) is 5.75 Å². The zero-order valence-corrected chi connectivity index (χ0v) is 13.9. The van der Waals surface area contributed by atoms with Gasteiger partial charge in [0.25, 0.3) is 0 Å². The number of rotatable bonds is 2. The van der Waals surface area contributed by atoms with Crippen LogP contribution in [0.5, 0.6) is 5.75 Å². The predicted molar refractivity (Wildman–Crippen MR) is 95.4 cm³/mol. The average Bonchev–Trinajstić information content (AvgIpc) is 2.50. The first-order valence-electron chi connectivity index (χ1n) is 7.77. The molecule has 1 N–H and O–H groups in total. The topological polar surface area (TPSA) is 21.3 Å². The fourth-order valence-electron chi connectivity index (χ4n) is 2.60. The second-order valence-electron chi connectivity index (χ2n) is 5.97. The summed E-state index contributed by atoms with van der Waals surface area (Å²) in [6.07, 6.45) is 2.26. The van der Waals surface area contributed by atoms with Gasteiger partial charge in [0.1, 0.15) is 5.75 Å². The third-order valence-corrected chi connectivity index (χ3v) is 3.43. The highest BCUT2D eigenvalue weighted by atomic mass is 16.5. The maximum absolute atomic E-state index is 5.52. The smallest absolute Gasteiger partial charge is 0.120 e. The van der Waals surface area contributed by atoms with Crippen LogP contribution in [0.3, 0.4) is 0 Å². The van der Waals surface area contributed by atoms with E-state index in [2.05, 4.69) is 44.3 Å². The van der Waals surface area contributed by atoms with E-state index in [4.69, 9.17) is 4.74 Å². The fraction of sp³-hybridized carbons (Fsp3) is 0.300. The fourth-order valence-corrected chi connectivity index (χ4v) is 2.60. The molecule has 1 aliphatic heterocycles. The molecule has 0 amide bonds. The number of allylic oxidation sites excluding steroid dienone is 1. The minimum absolute atomic E-state index is 0.0320. The molecule has 3 rings (SSSR count). The number of benzene rings is 2. The number of hydrogen-bond acceptors (Lipinski definition) is 2.